The van der Waals surface area contributed by atoms with Crippen molar-refractivity contribution in [2.45, 2.75) is 51.2 Å². The maximum absolute atomic E-state index is 11.8. The Morgan fingerprint density at radius 2 is 2.27 bits per heavy atom. The second kappa shape index (κ2) is 3.87. The number of carbonyl (C=O) groups excluding carboxylic acids is 1. The van der Waals surface area contributed by atoms with Gasteiger partial charge in [-0.25, -0.2) is 0 Å². The van der Waals surface area contributed by atoms with Gasteiger partial charge in [0.2, 0.25) is 5.91 Å². The van der Waals surface area contributed by atoms with Crippen molar-refractivity contribution < 1.29 is 9.53 Å². The highest BCUT2D eigenvalue weighted by Gasteiger charge is 2.32. The van der Waals surface area contributed by atoms with E-state index in [2.05, 4.69) is 13.8 Å². The van der Waals surface area contributed by atoms with E-state index in [1.807, 2.05) is 11.0 Å². The molecule has 1 atom stereocenters. The van der Waals surface area contributed by atoms with Crippen molar-refractivity contribution in [3.05, 3.63) is 12.3 Å². The molecule has 0 aromatic heterocycles. The van der Waals surface area contributed by atoms with Crippen LogP contribution in [0.1, 0.15) is 39.5 Å². The van der Waals surface area contributed by atoms with Gasteiger partial charge in [-0.2, -0.15) is 0 Å². The van der Waals surface area contributed by atoms with Gasteiger partial charge in [0.05, 0.1) is 12.3 Å². The summed E-state index contributed by atoms with van der Waals surface area (Å²) < 4.78 is 5.50. The first-order valence-electron chi connectivity index (χ1n) is 5.72. The van der Waals surface area contributed by atoms with Crippen LogP contribution in [-0.4, -0.2) is 29.0 Å². The number of rotatable bonds is 1. The van der Waals surface area contributed by atoms with E-state index in [-0.39, 0.29) is 11.6 Å². The van der Waals surface area contributed by atoms with Gasteiger partial charge in [0, 0.05) is 19.4 Å². The predicted octanol–water partition coefficient (Wildman–Crippen LogP) is 2.08. The summed E-state index contributed by atoms with van der Waals surface area (Å²) in [6.45, 7) is 5.04. The highest BCUT2D eigenvalue weighted by atomic mass is 16.5. The minimum absolute atomic E-state index is 0.142. The molecule has 1 fully saturated rings. The van der Waals surface area contributed by atoms with Gasteiger partial charge in [0.1, 0.15) is 5.60 Å². The van der Waals surface area contributed by atoms with Crippen LogP contribution in [-0.2, 0) is 9.53 Å². The molecular weight excluding hydrogens is 190 g/mol. The minimum atomic E-state index is -0.142. The van der Waals surface area contributed by atoms with Crippen LogP contribution in [0.4, 0.5) is 0 Å². The SMILES string of the molecule is CC1(C)CC(N2CCCCC2=O)C=CO1. The van der Waals surface area contributed by atoms with E-state index in [0.717, 1.165) is 25.8 Å². The molecule has 2 heterocycles. The predicted molar refractivity (Wildman–Crippen MR) is 58.3 cm³/mol. The Bertz CT molecular complexity index is 283. The molecule has 0 spiro atoms. The first kappa shape index (κ1) is 10.5. The third kappa shape index (κ3) is 2.33. The summed E-state index contributed by atoms with van der Waals surface area (Å²) in [5.41, 5.74) is -0.142. The maximum Gasteiger partial charge on any atom is 0.223 e. The summed E-state index contributed by atoms with van der Waals surface area (Å²) in [6, 6.07) is 0.238. The van der Waals surface area contributed by atoms with Gasteiger partial charge in [0.25, 0.3) is 0 Å². The molecule has 84 valence electrons. The molecule has 1 amide bonds. The van der Waals surface area contributed by atoms with Crippen LogP contribution in [0, 0.1) is 0 Å². The molecule has 0 aromatic rings. The van der Waals surface area contributed by atoms with E-state index in [1.165, 1.54) is 0 Å². The number of hydrogen-bond donors (Lipinski definition) is 0. The van der Waals surface area contributed by atoms with Crippen molar-refractivity contribution in [1.29, 1.82) is 0 Å². The molecule has 2 aliphatic rings. The largest absolute Gasteiger partial charge is 0.496 e. The molecule has 15 heavy (non-hydrogen) atoms. The normalized spacial score (nSPS) is 30.1. The molecule has 0 aromatic carbocycles. The highest BCUT2D eigenvalue weighted by molar-refractivity contribution is 5.77. The monoisotopic (exact) mass is 209 g/mol. The van der Waals surface area contributed by atoms with Crippen LogP contribution < -0.4 is 0 Å². The first-order valence-corrected chi connectivity index (χ1v) is 5.72. The Kier molecular flexibility index (Phi) is 2.72. The molecule has 3 nitrogen and oxygen atoms in total. The fourth-order valence-electron chi connectivity index (χ4n) is 2.33. The van der Waals surface area contributed by atoms with Crippen molar-refractivity contribution in [1.82, 2.24) is 4.90 Å². The zero-order chi connectivity index (χ0) is 10.9. The van der Waals surface area contributed by atoms with Gasteiger partial charge >= 0.3 is 0 Å². The summed E-state index contributed by atoms with van der Waals surface area (Å²) in [7, 11) is 0. The fraction of sp³-hybridized carbons (Fsp3) is 0.750. The molecule has 0 saturated carbocycles. The molecular formula is C12H19NO2. The first-order chi connectivity index (χ1) is 7.08. The number of likely N-dealkylation sites (tertiary alicyclic amines) is 1. The lowest BCUT2D eigenvalue weighted by atomic mass is 9.94. The third-order valence-electron chi connectivity index (χ3n) is 3.15. The molecule has 0 aliphatic carbocycles. The summed E-state index contributed by atoms with van der Waals surface area (Å²) in [5, 5.41) is 0. The second-order valence-corrected chi connectivity index (χ2v) is 5.02. The summed E-state index contributed by atoms with van der Waals surface area (Å²) in [6.07, 6.45) is 7.55. The van der Waals surface area contributed by atoms with E-state index in [0.29, 0.717) is 12.3 Å². The van der Waals surface area contributed by atoms with Gasteiger partial charge in [-0.3, -0.25) is 4.79 Å². The number of ether oxygens (including phenoxy) is 1. The topological polar surface area (TPSA) is 29.5 Å². The van der Waals surface area contributed by atoms with Crippen LogP contribution >= 0.6 is 0 Å². The number of nitrogens with zero attached hydrogens (tertiary/aromatic N) is 1. The highest BCUT2D eigenvalue weighted by Crippen LogP contribution is 2.27. The van der Waals surface area contributed by atoms with E-state index >= 15 is 0 Å². The van der Waals surface area contributed by atoms with Crippen LogP contribution in [0.5, 0.6) is 0 Å². The van der Waals surface area contributed by atoms with E-state index in [1.54, 1.807) is 6.26 Å². The van der Waals surface area contributed by atoms with Gasteiger partial charge in [-0.15, -0.1) is 0 Å². The Hall–Kier alpha value is -0.990. The molecule has 0 N–H and O–H groups in total. The number of amides is 1. The molecule has 1 saturated heterocycles. The van der Waals surface area contributed by atoms with Crippen LogP contribution in [0.15, 0.2) is 12.3 Å². The zero-order valence-corrected chi connectivity index (χ0v) is 9.53. The fourth-order valence-corrected chi connectivity index (χ4v) is 2.33. The Morgan fingerprint density at radius 1 is 1.47 bits per heavy atom. The van der Waals surface area contributed by atoms with Gasteiger partial charge < -0.3 is 9.64 Å². The van der Waals surface area contributed by atoms with Gasteiger partial charge in [-0.1, -0.05) is 0 Å². The minimum Gasteiger partial charge on any atom is -0.496 e. The van der Waals surface area contributed by atoms with Gasteiger partial charge in [-0.05, 0) is 32.8 Å². The van der Waals surface area contributed by atoms with Crippen molar-refractivity contribution in [3.8, 4) is 0 Å². The molecule has 2 aliphatic heterocycles. The molecule has 1 unspecified atom stereocenters. The average molecular weight is 209 g/mol. The van der Waals surface area contributed by atoms with E-state index in [9.17, 15) is 4.79 Å². The third-order valence-corrected chi connectivity index (χ3v) is 3.15. The Balaban J connectivity index is 2.06. The maximum atomic E-state index is 11.8. The second-order valence-electron chi connectivity index (χ2n) is 5.02. The molecule has 0 bridgehead atoms. The lowest BCUT2D eigenvalue weighted by Gasteiger charge is -2.39. The van der Waals surface area contributed by atoms with Crippen LogP contribution in [0.3, 0.4) is 0 Å². The van der Waals surface area contributed by atoms with Crippen molar-refractivity contribution >= 4 is 5.91 Å². The standard InChI is InChI=1S/C12H19NO2/c1-12(2)9-10(6-8-15-12)13-7-4-3-5-11(13)14/h6,8,10H,3-5,7,9H2,1-2H3. The zero-order valence-electron chi connectivity index (χ0n) is 9.53. The molecule has 3 heteroatoms. The van der Waals surface area contributed by atoms with E-state index in [4.69, 9.17) is 4.74 Å². The Labute approximate surface area is 91.1 Å². The quantitative estimate of drug-likeness (QED) is 0.661. The van der Waals surface area contributed by atoms with Gasteiger partial charge in [0.15, 0.2) is 0 Å². The molecule has 2 rings (SSSR count). The average Bonchev–Trinajstić information content (AvgIpc) is 2.17. The summed E-state index contributed by atoms with van der Waals surface area (Å²) in [5.74, 6) is 0.300. The lowest BCUT2D eigenvalue weighted by molar-refractivity contribution is -0.136. The van der Waals surface area contributed by atoms with Crippen molar-refractivity contribution in [3.63, 3.8) is 0 Å². The number of carbonyl (C=O) groups is 1. The van der Waals surface area contributed by atoms with Crippen LogP contribution in [0.2, 0.25) is 0 Å². The van der Waals surface area contributed by atoms with E-state index < -0.39 is 0 Å². The summed E-state index contributed by atoms with van der Waals surface area (Å²) >= 11 is 0. The molecule has 0 radical (unpaired) electrons. The van der Waals surface area contributed by atoms with Crippen molar-refractivity contribution in [2.75, 3.05) is 6.54 Å². The summed E-state index contributed by atoms with van der Waals surface area (Å²) in [4.78, 5) is 13.8. The number of piperidine rings is 1. The smallest absolute Gasteiger partial charge is 0.223 e. The van der Waals surface area contributed by atoms with Crippen molar-refractivity contribution in [2.24, 2.45) is 0 Å². The number of hydrogen-bond acceptors (Lipinski definition) is 2. The lowest BCUT2D eigenvalue weighted by Crippen LogP contribution is -2.47. The Morgan fingerprint density at radius 3 is 2.93 bits per heavy atom. The van der Waals surface area contributed by atoms with Crippen LogP contribution in [0.25, 0.3) is 0 Å².